The van der Waals surface area contributed by atoms with Crippen molar-refractivity contribution in [1.82, 2.24) is 14.6 Å². The van der Waals surface area contributed by atoms with Crippen LogP contribution in [0.2, 0.25) is 0 Å². The van der Waals surface area contributed by atoms with E-state index in [2.05, 4.69) is 10.1 Å². The number of pyridine rings is 1. The molecule has 3 N–H and O–H groups in total. The van der Waals surface area contributed by atoms with Crippen LogP contribution in [-0.2, 0) is 5.60 Å². The van der Waals surface area contributed by atoms with Crippen LogP contribution in [0.25, 0.3) is 5.65 Å². The summed E-state index contributed by atoms with van der Waals surface area (Å²) in [5.41, 5.74) is -2.44. The quantitative estimate of drug-likeness (QED) is 0.582. The molecule has 0 amide bonds. The van der Waals surface area contributed by atoms with Gasteiger partial charge < -0.3 is 15.2 Å². The Morgan fingerprint density at radius 1 is 1.28 bits per heavy atom. The Morgan fingerprint density at radius 2 is 1.94 bits per heavy atom. The van der Waals surface area contributed by atoms with Gasteiger partial charge in [-0.1, -0.05) is 6.07 Å². The Bertz CT molecular complexity index is 559. The molecule has 0 radical (unpaired) electrons. The molecule has 0 saturated heterocycles. The highest BCUT2D eigenvalue weighted by molar-refractivity contribution is 6.60. The summed E-state index contributed by atoms with van der Waals surface area (Å²) < 4.78 is 26.5. The smallest absolute Gasteiger partial charge is 0.423 e. The minimum Gasteiger partial charge on any atom is -0.423 e. The third-order valence-electron chi connectivity index (χ3n) is 2.65. The van der Waals surface area contributed by atoms with E-state index in [0.29, 0.717) is 0 Å². The molecule has 0 aliphatic carbocycles. The Kier molecular flexibility index (Phi) is 3.29. The molecule has 2 aromatic heterocycles. The second-order valence-corrected chi connectivity index (χ2v) is 3.84. The van der Waals surface area contributed by atoms with Gasteiger partial charge in [-0.25, -0.2) is 18.3 Å². The van der Waals surface area contributed by atoms with Crippen molar-refractivity contribution < 1.29 is 23.9 Å². The Hall–Kier alpha value is -1.58. The zero-order valence-electron chi connectivity index (χ0n) is 9.16. The number of aromatic nitrogens is 3. The molecule has 2 aromatic rings. The molecule has 0 saturated carbocycles. The maximum absolute atomic E-state index is 12.8. The lowest BCUT2D eigenvalue weighted by Gasteiger charge is -2.22. The summed E-state index contributed by atoms with van der Waals surface area (Å²) >= 11 is 0. The van der Waals surface area contributed by atoms with E-state index in [1.807, 2.05) is 0 Å². The molecule has 0 aliphatic heterocycles. The fraction of sp³-hybridized carbons (Fsp3) is 0.333. The molecule has 0 fully saturated rings. The summed E-state index contributed by atoms with van der Waals surface area (Å²) in [6.07, 6.45) is 1.08. The van der Waals surface area contributed by atoms with Crippen molar-refractivity contribution in [2.45, 2.75) is 5.60 Å². The van der Waals surface area contributed by atoms with E-state index in [1.54, 1.807) is 0 Å². The number of hydrogen-bond acceptors (Lipinski definition) is 5. The maximum Gasteiger partial charge on any atom is 0.492 e. The third-order valence-corrected chi connectivity index (χ3v) is 2.65. The summed E-state index contributed by atoms with van der Waals surface area (Å²) in [7, 11) is -1.80. The van der Waals surface area contributed by atoms with Gasteiger partial charge in [0.1, 0.15) is 19.7 Å². The molecular formula is C9H10BF2N3O3. The molecule has 0 aliphatic rings. The van der Waals surface area contributed by atoms with Crippen molar-refractivity contribution in [1.29, 1.82) is 0 Å². The van der Waals surface area contributed by atoms with Crippen LogP contribution in [0.4, 0.5) is 8.78 Å². The maximum atomic E-state index is 12.8. The van der Waals surface area contributed by atoms with Gasteiger partial charge in [0, 0.05) is 5.46 Å². The topological polar surface area (TPSA) is 90.9 Å². The zero-order valence-corrected chi connectivity index (χ0v) is 9.16. The van der Waals surface area contributed by atoms with Gasteiger partial charge in [-0.2, -0.15) is 5.10 Å². The van der Waals surface area contributed by atoms with Crippen LogP contribution in [-0.4, -0.2) is 50.2 Å². The number of nitrogens with zero attached hydrogens (tertiary/aromatic N) is 3. The average Bonchev–Trinajstić information content (AvgIpc) is 2.85. The molecule has 18 heavy (non-hydrogen) atoms. The van der Waals surface area contributed by atoms with Gasteiger partial charge >= 0.3 is 7.12 Å². The number of halogens is 2. The van der Waals surface area contributed by atoms with Crippen molar-refractivity contribution in [2.75, 3.05) is 13.3 Å². The van der Waals surface area contributed by atoms with E-state index in [-0.39, 0.29) is 16.8 Å². The molecule has 2 rings (SSSR count). The molecule has 0 bridgehead atoms. The van der Waals surface area contributed by atoms with E-state index >= 15 is 0 Å². The first kappa shape index (κ1) is 12.9. The van der Waals surface area contributed by atoms with Crippen molar-refractivity contribution in [2.24, 2.45) is 0 Å². The van der Waals surface area contributed by atoms with Gasteiger partial charge in [-0.15, -0.1) is 0 Å². The van der Waals surface area contributed by atoms with Crippen LogP contribution >= 0.6 is 0 Å². The summed E-state index contributed by atoms with van der Waals surface area (Å²) in [6, 6.07) is 2.40. The highest BCUT2D eigenvalue weighted by Crippen LogP contribution is 2.22. The number of fused-ring (bicyclic) bond motifs is 1. The summed E-state index contributed by atoms with van der Waals surface area (Å²) in [5.74, 6) is 0. The second-order valence-electron chi connectivity index (χ2n) is 3.84. The van der Waals surface area contributed by atoms with E-state index < -0.39 is 26.1 Å². The minimum atomic E-state index is -2.33. The van der Waals surface area contributed by atoms with Crippen LogP contribution in [0, 0.1) is 0 Å². The molecule has 2 heterocycles. The molecule has 0 aromatic carbocycles. The SMILES string of the molecule is OB(O)c1ccc(C(O)(CF)CF)n2ncnc12. The highest BCUT2D eigenvalue weighted by atomic mass is 19.1. The van der Waals surface area contributed by atoms with Crippen LogP contribution in [0.15, 0.2) is 18.5 Å². The second kappa shape index (κ2) is 4.60. The predicted octanol–water partition coefficient (Wildman–Crippen LogP) is -1.46. The van der Waals surface area contributed by atoms with Crippen molar-refractivity contribution in [3.05, 3.63) is 24.2 Å². The fourth-order valence-corrected chi connectivity index (χ4v) is 1.65. The van der Waals surface area contributed by atoms with Gasteiger partial charge in [-0.3, -0.25) is 0 Å². The van der Waals surface area contributed by atoms with Crippen LogP contribution in [0.5, 0.6) is 0 Å². The van der Waals surface area contributed by atoms with Crippen LogP contribution in [0.3, 0.4) is 0 Å². The van der Waals surface area contributed by atoms with E-state index in [4.69, 9.17) is 10.0 Å². The lowest BCUT2D eigenvalue weighted by molar-refractivity contribution is -0.0165. The molecule has 0 spiro atoms. The standard InChI is InChI=1S/C9H10BF2N3O3/c11-3-9(16,4-12)7-2-1-6(10(17)18)8-13-5-14-15(7)8/h1-2,5,16-18H,3-4H2. The van der Waals surface area contributed by atoms with Crippen molar-refractivity contribution >= 4 is 18.2 Å². The average molecular weight is 257 g/mol. The Labute approximate surface area is 101 Å². The normalized spacial score (nSPS) is 12.1. The highest BCUT2D eigenvalue weighted by Gasteiger charge is 2.34. The summed E-state index contributed by atoms with van der Waals surface area (Å²) in [5, 5.41) is 31.7. The first-order valence-electron chi connectivity index (χ1n) is 5.07. The monoisotopic (exact) mass is 257 g/mol. The van der Waals surface area contributed by atoms with Gasteiger partial charge in [0.05, 0.1) is 5.69 Å². The molecular weight excluding hydrogens is 247 g/mol. The first-order valence-corrected chi connectivity index (χ1v) is 5.07. The molecule has 96 valence electrons. The largest absolute Gasteiger partial charge is 0.492 e. The van der Waals surface area contributed by atoms with E-state index in [9.17, 15) is 13.9 Å². The van der Waals surface area contributed by atoms with Gasteiger partial charge in [0.15, 0.2) is 11.2 Å². The van der Waals surface area contributed by atoms with Crippen LogP contribution in [0.1, 0.15) is 5.69 Å². The Balaban J connectivity index is 2.68. The van der Waals surface area contributed by atoms with Gasteiger partial charge in [0.2, 0.25) is 0 Å². The zero-order chi connectivity index (χ0) is 13.3. The lowest BCUT2D eigenvalue weighted by Crippen LogP contribution is -2.37. The van der Waals surface area contributed by atoms with Crippen molar-refractivity contribution in [3.8, 4) is 0 Å². The van der Waals surface area contributed by atoms with Crippen molar-refractivity contribution in [3.63, 3.8) is 0 Å². The van der Waals surface area contributed by atoms with E-state index in [0.717, 1.165) is 10.8 Å². The number of aliphatic hydroxyl groups is 1. The molecule has 9 heteroatoms. The summed E-state index contributed by atoms with van der Waals surface area (Å²) in [4.78, 5) is 3.76. The predicted molar refractivity (Wildman–Crippen MR) is 58.7 cm³/mol. The molecule has 0 atom stereocenters. The van der Waals surface area contributed by atoms with Gasteiger partial charge in [-0.05, 0) is 6.07 Å². The minimum absolute atomic E-state index is 0.0165. The van der Waals surface area contributed by atoms with E-state index in [1.165, 1.54) is 12.1 Å². The van der Waals surface area contributed by atoms with Crippen LogP contribution < -0.4 is 5.46 Å². The number of rotatable bonds is 4. The van der Waals surface area contributed by atoms with Gasteiger partial charge in [0.25, 0.3) is 0 Å². The number of hydrogen-bond donors (Lipinski definition) is 3. The third kappa shape index (κ3) is 1.86. The fourth-order valence-electron chi connectivity index (χ4n) is 1.65. The summed E-state index contributed by atoms with van der Waals surface area (Å²) in [6.45, 7) is -2.67. The molecule has 0 unspecified atom stereocenters. The molecule has 6 nitrogen and oxygen atoms in total. The number of alkyl halides is 2. The Morgan fingerprint density at radius 3 is 2.50 bits per heavy atom. The lowest BCUT2D eigenvalue weighted by atomic mass is 9.80. The first-order chi connectivity index (χ1) is 8.53.